The predicted molar refractivity (Wildman–Crippen MR) is 97.7 cm³/mol. The first kappa shape index (κ1) is 18.9. The van der Waals surface area contributed by atoms with Gasteiger partial charge in [0, 0.05) is 0 Å². The fraction of sp³-hybridized carbons (Fsp3) is 0.118. The Balaban J connectivity index is 2.19. The largest absolute Gasteiger partial charge is 0.461 e. The van der Waals surface area contributed by atoms with Gasteiger partial charge < -0.3 is 20.6 Å². The van der Waals surface area contributed by atoms with Crippen LogP contribution in [0.25, 0.3) is 11.1 Å². The molecule has 2 rings (SSSR count). The van der Waals surface area contributed by atoms with Crippen LogP contribution in [-0.2, 0) is 9.53 Å². The zero-order valence-electron chi connectivity index (χ0n) is 13.4. The minimum absolute atomic E-state index is 0.157. The number of carbonyl (C=O) groups is 1. The number of ether oxygens (including phenoxy) is 2. The van der Waals surface area contributed by atoms with Crippen molar-refractivity contribution >= 4 is 29.2 Å². The van der Waals surface area contributed by atoms with Crippen LogP contribution in [0.5, 0.6) is 5.75 Å². The summed E-state index contributed by atoms with van der Waals surface area (Å²) in [7, 11) is 0. The molecule has 0 aromatic heterocycles. The fourth-order valence-electron chi connectivity index (χ4n) is 2.00. The Bertz CT molecular complexity index is 792. The molecule has 2 aromatic rings. The van der Waals surface area contributed by atoms with Gasteiger partial charge in [0.1, 0.15) is 5.75 Å². The van der Waals surface area contributed by atoms with Gasteiger partial charge in [0.15, 0.2) is 5.70 Å². The topological polar surface area (TPSA) is 99.6 Å². The molecule has 8 heteroatoms. The number of benzene rings is 2. The van der Waals surface area contributed by atoms with Gasteiger partial charge in [-0.3, -0.25) is 5.84 Å². The summed E-state index contributed by atoms with van der Waals surface area (Å²) in [5.41, 5.74) is 9.60. The summed E-state index contributed by atoms with van der Waals surface area (Å²) in [5, 5.41) is 0.962. The number of carbonyl (C=O) groups excluding carboxylic acids is 1. The van der Waals surface area contributed by atoms with Crippen molar-refractivity contribution in [3.63, 3.8) is 0 Å². The molecule has 132 valence electrons. The Hall–Kier alpha value is -2.41. The summed E-state index contributed by atoms with van der Waals surface area (Å²) < 4.78 is 10.3. The molecule has 0 aliphatic carbocycles. The lowest BCUT2D eigenvalue weighted by atomic mass is 10.1. The van der Waals surface area contributed by atoms with Crippen molar-refractivity contribution in [3.05, 3.63) is 64.1 Å². The Kier molecular flexibility index (Phi) is 6.52. The summed E-state index contributed by atoms with van der Waals surface area (Å²) in [5.74, 6) is 4.83. The molecule has 0 aliphatic heterocycles. The molecule has 0 aliphatic rings. The van der Waals surface area contributed by atoms with Gasteiger partial charge in [-0.1, -0.05) is 41.4 Å². The minimum Gasteiger partial charge on any atom is -0.461 e. The van der Waals surface area contributed by atoms with Crippen molar-refractivity contribution in [3.8, 4) is 16.9 Å². The molecule has 0 atom stereocenters. The van der Waals surface area contributed by atoms with E-state index in [0.717, 1.165) is 11.1 Å². The van der Waals surface area contributed by atoms with Crippen LogP contribution in [0.3, 0.4) is 0 Å². The van der Waals surface area contributed by atoms with E-state index >= 15 is 0 Å². The Morgan fingerprint density at radius 2 is 1.72 bits per heavy atom. The summed E-state index contributed by atoms with van der Waals surface area (Å²) in [6.07, 6.45) is 0. The van der Waals surface area contributed by atoms with Gasteiger partial charge in [-0.15, -0.1) is 0 Å². The number of esters is 1. The van der Waals surface area contributed by atoms with Crippen molar-refractivity contribution in [2.75, 3.05) is 6.61 Å². The van der Waals surface area contributed by atoms with Gasteiger partial charge in [-0.25, -0.2) is 4.79 Å². The molecular formula is C17H17Cl2N3O3. The number of nitrogens with two attached hydrogens (primary N) is 2. The van der Waals surface area contributed by atoms with E-state index < -0.39 is 5.97 Å². The summed E-state index contributed by atoms with van der Waals surface area (Å²) in [6.45, 7) is 1.86. The molecule has 0 heterocycles. The lowest BCUT2D eigenvalue weighted by Gasteiger charge is -2.11. The number of rotatable bonds is 6. The van der Waals surface area contributed by atoms with Crippen molar-refractivity contribution in [1.29, 1.82) is 0 Å². The van der Waals surface area contributed by atoms with Crippen LogP contribution < -0.4 is 21.7 Å². The van der Waals surface area contributed by atoms with Crippen LogP contribution in [0.1, 0.15) is 6.92 Å². The SMILES string of the molecule is CCOC(=O)/C(NN)=C(/N)Oc1ccc(-c2ccc(Cl)c(Cl)c2)cc1. The van der Waals surface area contributed by atoms with Gasteiger partial charge in [0.25, 0.3) is 0 Å². The maximum absolute atomic E-state index is 11.7. The predicted octanol–water partition coefficient (Wildman–Crippen LogP) is 3.19. The summed E-state index contributed by atoms with van der Waals surface area (Å²) in [4.78, 5) is 11.7. The van der Waals surface area contributed by atoms with Crippen LogP contribution in [0.4, 0.5) is 0 Å². The van der Waals surface area contributed by atoms with E-state index in [1.807, 2.05) is 18.2 Å². The van der Waals surface area contributed by atoms with Gasteiger partial charge in [0.2, 0.25) is 5.88 Å². The third kappa shape index (κ3) is 4.79. The molecule has 0 unspecified atom stereocenters. The Morgan fingerprint density at radius 3 is 2.28 bits per heavy atom. The lowest BCUT2D eigenvalue weighted by Crippen LogP contribution is -2.32. The lowest BCUT2D eigenvalue weighted by molar-refractivity contribution is -0.139. The maximum Gasteiger partial charge on any atom is 0.361 e. The van der Waals surface area contributed by atoms with Crippen LogP contribution in [0, 0.1) is 0 Å². The minimum atomic E-state index is -0.699. The number of halogens is 2. The normalized spacial score (nSPS) is 11.5. The van der Waals surface area contributed by atoms with Crippen molar-refractivity contribution in [2.45, 2.75) is 6.92 Å². The molecule has 6 nitrogen and oxygen atoms in total. The van der Waals surface area contributed by atoms with E-state index in [9.17, 15) is 4.79 Å². The molecule has 2 aromatic carbocycles. The molecule has 25 heavy (non-hydrogen) atoms. The van der Waals surface area contributed by atoms with Crippen LogP contribution in [0.2, 0.25) is 10.0 Å². The van der Waals surface area contributed by atoms with E-state index in [0.29, 0.717) is 15.8 Å². The maximum atomic E-state index is 11.7. The quantitative estimate of drug-likeness (QED) is 0.233. The molecular weight excluding hydrogens is 365 g/mol. The first-order valence-corrected chi connectivity index (χ1v) is 8.08. The first-order valence-electron chi connectivity index (χ1n) is 7.33. The molecule has 0 spiro atoms. The molecule has 0 fully saturated rings. The van der Waals surface area contributed by atoms with Gasteiger partial charge in [0.05, 0.1) is 16.7 Å². The summed E-state index contributed by atoms with van der Waals surface area (Å²) in [6, 6.07) is 12.4. The second-order valence-corrected chi connectivity index (χ2v) is 5.67. The fourth-order valence-corrected chi connectivity index (χ4v) is 2.30. The standard InChI is InChI=1S/C17H17Cl2N3O3/c1-2-24-17(23)15(22-21)16(20)25-12-6-3-10(4-7-12)11-5-8-13(18)14(19)9-11/h3-9,22H,2,20-21H2,1H3/b16-15+. The van der Waals surface area contributed by atoms with Crippen molar-refractivity contribution < 1.29 is 14.3 Å². The third-order valence-corrected chi connectivity index (χ3v) is 3.94. The van der Waals surface area contributed by atoms with Gasteiger partial charge in [-0.05, 0) is 42.3 Å². The van der Waals surface area contributed by atoms with Crippen LogP contribution in [0.15, 0.2) is 54.0 Å². The number of hydrazine groups is 1. The third-order valence-electron chi connectivity index (χ3n) is 3.21. The molecule has 0 saturated carbocycles. The molecule has 0 saturated heterocycles. The molecule has 0 radical (unpaired) electrons. The number of nitrogens with one attached hydrogen (secondary N) is 1. The van der Waals surface area contributed by atoms with E-state index in [-0.39, 0.29) is 18.2 Å². The monoisotopic (exact) mass is 381 g/mol. The number of hydrogen-bond donors (Lipinski definition) is 3. The van der Waals surface area contributed by atoms with E-state index in [2.05, 4.69) is 5.43 Å². The average Bonchev–Trinajstić information content (AvgIpc) is 2.59. The molecule has 0 amide bonds. The molecule has 0 bridgehead atoms. The van der Waals surface area contributed by atoms with E-state index in [1.165, 1.54) is 0 Å². The van der Waals surface area contributed by atoms with Crippen molar-refractivity contribution in [2.24, 2.45) is 11.6 Å². The second kappa shape index (κ2) is 8.62. The first-order chi connectivity index (χ1) is 12.0. The van der Waals surface area contributed by atoms with Crippen LogP contribution in [-0.4, -0.2) is 12.6 Å². The highest BCUT2D eigenvalue weighted by molar-refractivity contribution is 6.42. The van der Waals surface area contributed by atoms with Gasteiger partial charge in [-0.2, -0.15) is 0 Å². The smallest absolute Gasteiger partial charge is 0.361 e. The highest BCUT2D eigenvalue weighted by Crippen LogP contribution is 2.29. The Morgan fingerprint density at radius 1 is 1.08 bits per heavy atom. The van der Waals surface area contributed by atoms with Crippen molar-refractivity contribution in [1.82, 2.24) is 5.43 Å². The zero-order valence-corrected chi connectivity index (χ0v) is 14.9. The second-order valence-electron chi connectivity index (χ2n) is 4.86. The average molecular weight is 382 g/mol. The van der Waals surface area contributed by atoms with Crippen LogP contribution >= 0.6 is 23.2 Å². The zero-order chi connectivity index (χ0) is 18.4. The molecule has 5 N–H and O–H groups in total. The van der Waals surface area contributed by atoms with E-state index in [4.69, 9.17) is 44.3 Å². The summed E-state index contributed by atoms with van der Waals surface area (Å²) >= 11 is 11.9. The van der Waals surface area contributed by atoms with E-state index in [1.54, 1.807) is 31.2 Å². The van der Waals surface area contributed by atoms with Gasteiger partial charge >= 0.3 is 5.97 Å². The highest BCUT2D eigenvalue weighted by Gasteiger charge is 2.16. The Labute approximate surface area is 155 Å². The number of hydrogen-bond acceptors (Lipinski definition) is 6. The highest BCUT2D eigenvalue weighted by atomic mass is 35.5.